The monoisotopic (exact) mass is 654 g/mol. The van der Waals surface area contributed by atoms with Crippen molar-refractivity contribution in [1.29, 1.82) is 0 Å². The fourth-order valence-corrected chi connectivity index (χ4v) is 5.33. The molecular formula is C31H32F6N4O5. The molecule has 4 rings (SSSR count). The van der Waals surface area contributed by atoms with E-state index in [1.165, 1.54) is 22.2 Å². The molecular weight excluding hydrogens is 622 g/mol. The van der Waals surface area contributed by atoms with Crippen molar-refractivity contribution in [3.8, 4) is 5.75 Å². The van der Waals surface area contributed by atoms with Crippen LogP contribution in [0.3, 0.4) is 0 Å². The zero-order chi connectivity index (χ0) is 33.6. The second-order valence-electron chi connectivity index (χ2n) is 10.5. The first-order chi connectivity index (χ1) is 21.7. The third-order valence-corrected chi connectivity index (χ3v) is 7.40. The second kappa shape index (κ2) is 14.3. The summed E-state index contributed by atoms with van der Waals surface area (Å²) in [5.74, 6) is -0.812. The summed E-state index contributed by atoms with van der Waals surface area (Å²) in [6, 6.07) is 7.11. The minimum Gasteiger partial charge on any atom is -0.490 e. The standard InChI is InChI=1S/C31H32F6N4O5/c1-3-22-15-26(24-8-5-6-9-25(24)41(22)29(44)45-4-2)40(28-38-16-23(17-39-28)46-11-7-10-27(42)43)18-19-12-20(30(32,33)34)14-21(13-19)31(35,36)37/h5-6,8-9,12-14,16-17,22,26H,3-4,7,10-11,15,18H2,1-2H3,(H,42,43)/t22-,26+/m1/s1. The van der Waals surface area contributed by atoms with E-state index in [9.17, 15) is 35.9 Å². The molecule has 0 aliphatic carbocycles. The van der Waals surface area contributed by atoms with Crippen LogP contribution in [0.25, 0.3) is 0 Å². The molecule has 1 amide bonds. The van der Waals surface area contributed by atoms with Crippen molar-refractivity contribution in [1.82, 2.24) is 9.97 Å². The molecule has 3 aromatic rings. The molecule has 0 radical (unpaired) electrons. The number of hydrogen-bond acceptors (Lipinski definition) is 7. The number of alkyl halides is 6. The third kappa shape index (κ3) is 8.17. The average Bonchev–Trinajstić information content (AvgIpc) is 3.00. The Balaban J connectivity index is 1.80. The lowest BCUT2D eigenvalue weighted by atomic mass is 9.88. The molecule has 248 valence electrons. The lowest BCUT2D eigenvalue weighted by Crippen LogP contribution is -2.48. The number of amides is 1. The third-order valence-electron chi connectivity index (χ3n) is 7.40. The highest BCUT2D eigenvalue weighted by molar-refractivity contribution is 5.90. The van der Waals surface area contributed by atoms with E-state index in [4.69, 9.17) is 14.6 Å². The van der Waals surface area contributed by atoms with Gasteiger partial charge < -0.3 is 19.5 Å². The minimum atomic E-state index is -5.04. The van der Waals surface area contributed by atoms with Gasteiger partial charge in [0.1, 0.15) is 0 Å². The van der Waals surface area contributed by atoms with E-state index < -0.39 is 54.2 Å². The number of carbonyl (C=O) groups excluding carboxylic acids is 1. The molecule has 0 fully saturated rings. The normalized spacial score (nSPS) is 16.5. The Bertz CT molecular complexity index is 1480. The van der Waals surface area contributed by atoms with Crippen molar-refractivity contribution in [2.24, 2.45) is 0 Å². The van der Waals surface area contributed by atoms with Crippen LogP contribution >= 0.6 is 0 Å². The van der Waals surface area contributed by atoms with Crippen LogP contribution in [-0.2, 0) is 28.4 Å². The van der Waals surface area contributed by atoms with Crippen LogP contribution in [0.5, 0.6) is 5.75 Å². The maximum atomic E-state index is 13.7. The Morgan fingerprint density at radius 1 is 1.00 bits per heavy atom. The van der Waals surface area contributed by atoms with Gasteiger partial charge in [0, 0.05) is 19.0 Å². The van der Waals surface area contributed by atoms with Gasteiger partial charge in [-0.1, -0.05) is 25.1 Å². The number of hydrogen-bond donors (Lipinski definition) is 1. The van der Waals surface area contributed by atoms with Crippen LogP contribution in [0.1, 0.15) is 67.8 Å². The summed E-state index contributed by atoms with van der Waals surface area (Å²) < 4.78 is 93.2. The topological polar surface area (TPSA) is 105 Å². The summed E-state index contributed by atoms with van der Waals surface area (Å²) in [5, 5.41) is 8.82. The molecule has 1 aromatic heterocycles. The Morgan fingerprint density at radius 3 is 2.20 bits per heavy atom. The zero-order valence-electron chi connectivity index (χ0n) is 24.9. The number of para-hydroxylation sites is 1. The Hall–Kier alpha value is -4.56. The van der Waals surface area contributed by atoms with Crippen LogP contribution < -0.4 is 14.5 Å². The van der Waals surface area contributed by atoms with E-state index in [-0.39, 0.29) is 55.8 Å². The number of carboxylic acid groups (broad SMARTS) is 1. The SMILES string of the molecule is CCOC(=O)N1c2ccccc2[C@@H](N(Cc2cc(C(F)(F)F)cc(C(F)(F)F)c2)c2ncc(OCCCC(=O)O)cn2)C[C@H]1CC. The highest BCUT2D eigenvalue weighted by atomic mass is 19.4. The molecule has 15 heteroatoms. The van der Waals surface area contributed by atoms with Crippen LogP contribution in [0.2, 0.25) is 0 Å². The summed E-state index contributed by atoms with van der Waals surface area (Å²) in [7, 11) is 0. The first-order valence-electron chi connectivity index (χ1n) is 14.5. The number of rotatable bonds is 11. The van der Waals surface area contributed by atoms with Crippen LogP contribution in [0.4, 0.5) is 42.8 Å². The van der Waals surface area contributed by atoms with Gasteiger partial charge in [0.25, 0.3) is 0 Å². The minimum absolute atomic E-state index is 0.0110. The summed E-state index contributed by atoms with van der Waals surface area (Å²) in [4.78, 5) is 35.5. The summed E-state index contributed by atoms with van der Waals surface area (Å²) in [6.45, 7) is 3.25. The number of aromatic nitrogens is 2. The summed E-state index contributed by atoms with van der Waals surface area (Å²) in [6.07, 6.45) is -7.29. The quantitative estimate of drug-likeness (QED) is 0.166. The van der Waals surface area contributed by atoms with Crippen LogP contribution in [-0.4, -0.2) is 46.4 Å². The number of aliphatic carboxylic acids is 1. The first kappa shape index (κ1) is 34.3. The lowest BCUT2D eigenvalue weighted by molar-refractivity contribution is -0.143. The number of carboxylic acids is 1. The van der Waals surface area contributed by atoms with Gasteiger partial charge in [-0.2, -0.15) is 26.3 Å². The molecule has 9 nitrogen and oxygen atoms in total. The van der Waals surface area contributed by atoms with Gasteiger partial charge >= 0.3 is 24.4 Å². The van der Waals surface area contributed by atoms with Gasteiger partial charge in [0.05, 0.1) is 48.5 Å². The molecule has 0 spiro atoms. The second-order valence-corrected chi connectivity index (χ2v) is 10.5. The number of ether oxygens (including phenoxy) is 2. The van der Waals surface area contributed by atoms with Gasteiger partial charge in [-0.3, -0.25) is 9.69 Å². The molecule has 1 aliphatic heterocycles. The lowest BCUT2D eigenvalue weighted by Gasteiger charge is -2.44. The van der Waals surface area contributed by atoms with Gasteiger partial charge in [-0.05, 0) is 61.6 Å². The van der Waals surface area contributed by atoms with Crippen molar-refractivity contribution in [2.45, 2.75) is 70.5 Å². The Kier molecular flexibility index (Phi) is 10.6. The molecule has 2 aromatic carbocycles. The Labute approximate surface area is 260 Å². The highest BCUT2D eigenvalue weighted by Gasteiger charge is 2.41. The largest absolute Gasteiger partial charge is 0.490 e. The fourth-order valence-electron chi connectivity index (χ4n) is 5.33. The van der Waals surface area contributed by atoms with Crippen molar-refractivity contribution in [3.63, 3.8) is 0 Å². The molecule has 2 atom stereocenters. The van der Waals surface area contributed by atoms with Crippen molar-refractivity contribution >= 4 is 23.7 Å². The van der Waals surface area contributed by atoms with E-state index in [2.05, 4.69) is 9.97 Å². The number of anilines is 2. The number of benzene rings is 2. The maximum absolute atomic E-state index is 13.7. The average molecular weight is 655 g/mol. The van der Waals surface area contributed by atoms with Gasteiger partial charge in [0.2, 0.25) is 5.95 Å². The van der Waals surface area contributed by atoms with E-state index in [0.717, 1.165) is 0 Å². The van der Waals surface area contributed by atoms with Gasteiger partial charge in [0.15, 0.2) is 5.75 Å². The maximum Gasteiger partial charge on any atom is 0.416 e. The van der Waals surface area contributed by atoms with Crippen LogP contribution in [0.15, 0.2) is 54.9 Å². The smallest absolute Gasteiger partial charge is 0.416 e. The molecule has 46 heavy (non-hydrogen) atoms. The molecule has 0 saturated carbocycles. The number of carbonyl (C=O) groups is 2. The predicted octanol–water partition coefficient (Wildman–Crippen LogP) is 7.65. The van der Waals surface area contributed by atoms with Crippen molar-refractivity contribution in [2.75, 3.05) is 23.0 Å². The van der Waals surface area contributed by atoms with E-state index in [0.29, 0.717) is 29.8 Å². The molecule has 0 bridgehead atoms. The molecule has 1 aliphatic rings. The highest BCUT2D eigenvalue weighted by Crippen LogP contribution is 2.44. The molecule has 0 saturated heterocycles. The van der Waals surface area contributed by atoms with Crippen molar-refractivity contribution < 1.29 is 50.5 Å². The zero-order valence-corrected chi connectivity index (χ0v) is 24.9. The fraction of sp³-hybridized carbons (Fsp3) is 0.419. The van der Waals surface area contributed by atoms with Gasteiger partial charge in [-0.25, -0.2) is 14.8 Å². The molecule has 1 N–H and O–H groups in total. The summed E-state index contributed by atoms with van der Waals surface area (Å²) >= 11 is 0. The molecule has 0 unspecified atom stereocenters. The van der Waals surface area contributed by atoms with E-state index in [1.807, 2.05) is 6.92 Å². The van der Waals surface area contributed by atoms with Crippen LogP contribution in [0, 0.1) is 0 Å². The number of nitrogens with zero attached hydrogens (tertiary/aromatic N) is 4. The number of fused-ring (bicyclic) bond motifs is 1. The number of halogens is 6. The summed E-state index contributed by atoms with van der Waals surface area (Å²) in [5.41, 5.74) is -2.13. The predicted molar refractivity (Wildman–Crippen MR) is 154 cm³/mol. The first-order valence-corrected chi connectivity index (χ1v) is 14.5. The van der Waals surface area contributed by atoms with E-state index >= 15 is 0 Å². The van der Waals surface area contributed by atoms with Crippen molar-refractivity contribution in [3.05, 3.63) is 77.1 Å². The Morgan fingerprint density at radius 2 is 1.63 bits per heavy atom. The van der Waals surface area contributed by atoms with Gasteiger partial charge in [-0.15, -0.1) is 0 Å². The molecule has 2 heterocycles. The van der Waals surface area contributed by atoms with E-state index in [1.54, 1.807) is 31.2 Å².